The zero-order chi connectivity index (χ0) is 19.6. The Morgan fingerprint density at radius 2 is 1.24 bits per heavy atom. The third kappa shape index (κ3) is 3.32. The monoisotopic (exact) mass is 441 g/mol. The van der Waals surface area contributed by atoms with E-state index in [1.807, 2.05) is 83.5 Å². The Bertz CT molecular complexity index is 1280. The van der Waals surface area contributed by atoms with Crippen molar-refractivity contribution in [2.75, 3.05) is 0 Å². The first-order valence-electron chi connectivity index (χ1n) is 9.25. The van der Waals surface area contributed by atoms with E-state index in [0.717, 1.165) is 43.6 Å². The summed E-state index contributed by atoms with van der Waals surface area (Å²) in [6.45, 7) is 0.581. The van der Waals surface area contributed by atoms with Gasteiger partial charge in [0.1, 0.15) is 22.4 Å². The molecule has 5 aromatic rings. The van der Waals surface area contributed by atoms with Gasteiger partial charge in [-0.3, -0.25) is 0 Å². The lowest BCUT2D eigenvalue weighted by Gasteiger charge is -2.09. The van der Waals surface area contributed by atoms with Gasteiger partial charge in [-0.25, -0.2) is 4.68 Å². The average molecular weight is 442 g/mol. The second-order valence-corrected chi connectivity index (χ2v) is 7.52. The number of benzene rings is 3. The molecule has 5 rings (SSSR count). The van der Waals surface area contributed by atoms with E-state index < -0.39 is 0 Å². The lowest BCUT2D eigenvalue weighted by Crippen LogP contribution is -2.05. The lowest BCUT2D eigenvalue weighted by atomic mass is 10.1. The first-order valence-corrected chi connectivity index (χ1v) is 10.0. The zero-order valence-electron chi connectivity index (χ0n) is 15.4. The second kappa shape index (κ2) is 7.56. The van der Waals surface area contributed by atoms with Gasteiger partial charge in [-0.2, -0.15) is 0 Å². The van der Waals surface area contributed by atoms with Gasteiger partial charge in [-0.15, -0.1) is 15.3 Å². The van der Waals surface area contributed by atoms with E-state index in [4.69, 9.17) is 0 Å². The Morgan fingerprint density at radius 1 is 0.655 bits per heavy atom. The van der Waals surface area contributed by atoms with Gasteiger partial charge in [-0.05, 0) is 11.6 Å². The molecule has 140 valence electrons. The van der Waals surface area contributed by atoms with E-state index in [1.165, 1.54) is 0 Å². The topological polar surface area (TPSA) is 56.5 Å². The molecule has 0 aliphatic heterocycles. The highest BCUT2D eigenvalue weighted by atomic mass is 79.9. The fraction of sp³-hybridized carbons (Fsp3) is 0.0435. The van der Waals surface area contributed by atoms with E-state index in [0.29, 0.717) is 6.54 Å². The maximum absolute atomic E-state index is 4.59. The minimum Gasteiger partial charge on any atom is -0.238 e. The molecule has 5 nitrogen and oxygen atoms in total. The molecule has 0 saturated carbocycles. The minimum absolute atomic E-state index is 0.581. The van der Waals surface area contributed by atoms with Crippen LogP contribution in [-0.2, 0) is 6.54 Å². The van der Waals surface area contributed by atoms with Crippen LogP contribution in [0.4, 0.5) is 0 Å². The van der Waals surface area contributed by atoms with E-state index in [9.17, 15) is 0 Å². The van der Waals surface area contributed by atoms with Crippen LogP contribution in [0.2, 0.25) is 0 Å². The number of hydrogen-bond donors (Lipinski definition) is 0. The summed E-state index contributed by atoms with van der Waals surface area (Å²) >= 11 is 3.63. The second-order valence-electron chi connectivity index (χ2n) is 6.66. The van der Waals surface area contributed by atoms with Crippen LogP contribution >= 0.6 is 15.9 Å². The summed E-state index contributed by atoms with van der Waals surface area (Å²) in [5.41, 5.74) is 6.21. The molecule has 2 heterocycles. The molecule has 0 N–H and O–H groups in total. The van der Waals surface area contributed by atoms with Crippen molar-refractivity contribution in [3.8, 4) is 22.5 Å². The van der Waals surface area contributed by atoms with Crippen LogP contribution in [0.5, 0.6) is 0 Å². The first kappa shape index (κ1) is 17.7. The van der Waals surface area contributed by atoms with Gasteiger partial charge < -0.3 is 0 Å². The van der Waals surface area contributed by atoms with Crippen molar-refractivity contribution in [2.45, 2.75) is 6.54 Å². The van der Waals surface area contributed by atoms with Crippen molar-refractivity contribution in [2.24, 2.45) is 0 Å². The van der Waals surface area contributed by atoms with Crippen molar-refractivity contribution in [3.05, 3.63) is 95.0 Å². The summed E-state index contributed by atoms with van der Waals surface area (Å²) in [5, 5.41) is 18.1. The molecule has 0 aliphatic rings. The molecule has 0 bridgehead atoms. The summed E-state index contributed by atoms with van der Waals surface area (Å²) in [5.74, 6) is 0. The van der Waals surface area contributed by atoms with Crippen LogP contribution in [0, 0.1) is 0 Å². The normalized spacial score (nSPS) is 11.1. The van der Waals surface area contributed by atoms with Gasteiger partial charge in [0.15, 0.2) is 0 Å². The fourth-order valence-corrected chi connectivity index (χ4v) is 3.79. The van der Waals surface area contributed by atoms with Crippen LogP contribution in [0.3, 0.4) is 0 Å². The van der Waals surface area contributed by atoms with Gasteiger partial charge in [0, 0.05) is 15.6 Å². The van der Waals surface area contributed by atoms with Crippen LogP contribution in [0.25, 0.3) is 33.5 Å². The van der Waals surface area contributed by atoms with E-state index >= 15 is 0 Å². The highest BCUT2D eigenvalue weighted by Crippen LogP contribution is 2.31. The maximum atomic E-state index is 4.59. The van der Waals surface area contributed by atoms with Gasteiger partial charge in [0.05, 0.1) is 6.54 Å². The average Bonchev–Trinajstić information content (AvgIpc) is 3.20. The summed E-state index contributed by atoms with van der Waals surface area (Å²) in [6, 6.07) is 28.1. The van der Waals surface area contributed by atoms with E-state index in [1.54, 1.807) is 0 Å². The molecule has 0 aliphatic carbocycles. The van der Waals surface area contributed by atoms with Gasteiger partial charge in [-0.1, -0.05) is 100 Å². The molecule has 0 fully saturated rings. The fourth-order valence-electron chi connectivity index (χ4n) is 3.38. The van der Waals surface area contributed by atoms with Crippen LogP contribution in [0.1, 0.15) is 5.56 Å². The molecule has 0 amide bonds. The Morgan fingerprint density at radius 3 is 1.93 bits per heavy atom. The summed E-state index contributed by atoms with van der Waals surface area (Å²) in [6.07, 6.45) is 0. The molecular formula is C23H16BrN5. The van der Waals surface area contributed by atoms with Gasteiger partial charge in [0.2, 0.25) is 0 Å². The van der Waals surface area contributed by atoms with Crippen molar-refractivity contribution in [1.82, 2.24) is 25.2 Å². The maximum Gasteiger partial charge on any atom is 0.143 e. The van der Waals surface area contributed by atoms with Crippen molar-refractivity contribution in [3.63, 3.8) is 0 Å². The van der Waals surface area contributed by atoms with Crippen molar-refractivity contribution in [1.29, 1.82) is 0 Å². The smallest absolute Gasteiger partial charge is 0.143 e. The molecule has 2 aromatic heterocycles. The highest BCUT2D eigenvalue weighted by molar-refractivity contribution is 9.10. The number of aromatic nitrogens is 5. The van der Waals surface area contributed by atoms with E-state index in [-0.39, 0.29) is 0 Å². The molecule has 29 heavy (non-hydrogen) atoms. The van der Waals surface area contributed by atoms with Crippen LogP contribution in [-0.4, -0.2) is 25.2 Å². The third-order valence-electron chi connectivity index (χ3n) is 4.81. The summed E-state index contributed by atoms with van der Waals surface area (Å²) in [7, 11) is 0. The molecular weight excluding hydrogens is 426 g/mol. The van der Waals surface area contributed by atoms with Gasteiger partial charge in [0.25, 0.3) is 0 Å². The predicted octanol–water partition coefficient (Wildman–Crippen LogP) is 5.37. The van der Waals surface area contributed by atoms with Crippen molar-refractivity contribution < 1.29 is 0 Å². The molecule has 6 heteroatoms. The number of hydrogen-bond acceptors (Lipinski definition) is 4. The number of fused-ring (bicyclic) bond motifs is 1. The standard InChI is InChI=1S/C23H16BrN5/c24-19-14-8-7-13-18(19)15-29-23-21(17-11-5-2-6-12-17)26-25-20(22(23)27-28-29)16-9-3-1-4-10-16/h1-14H,15H2. The number of rotatable bonds is 4. The molecule has 3 aromatic carbocycles. The van der Waals surface area contributed by atoms with Crippen molar-refractivity contribution >= 4 is 27.0 Å². The SMILES string of the molecule is Brc1ccccc1Cn1nnc2c(-c3ccccc3)nnc(-c3ccccc3)c21. The zero-order valence-corrected chi connectivity index (χ0v) is 17.0. The van der Waals surface area contributed by atoms with Gasteiger partial charge >= 0.3 is 0 Å². The Hall–Kier alpha value is -3.38. The summed E-state index contributed by atoms with van der Waals surface area (Å²) in [4.78, 5) is 0. The van der Waals surface area contributed by atoms with Crippen LogP contribution < -0.4 is 0 Å². The number of nitrogens with zero attached hydrogens (tertiary/aromatic N) is 5. The number of halogens is 1. The quantitative estimate of drug-likeness (QED) is 0.376. The molecule has 0 spiro atoms. The summed E-state index contributed by atoms with van der Waals surface area (Å²) < 4.78 is 2.94. The molecule has 0 atom stereocenters. The van der Waals surface area contributed by atoms with Crippen LogP contribution in [0.15, 0.2) is 89.4 Å². The Kier molecular flexibility index (Phi) is 4.62. The minimum atomic E-state index is 0.581. The third-order valence-corrected chi connectivity index (χ3v) is 5.58. The molecule has 0 saturated heterocycles. The molecule has 0 unspecified atom stereocenters. The lowest BCUT2D eigenvalue weighted by molar-refractivity contribution is 0.668. The van der Waals surface area contributed by atoms with E-state index in [2.05, 4.69) is 42.5 Å². The Labute approximate surface area is 176 Å². The predicted molar refractivity (Wildman–Crippen MR) is 117 cm³/mol. The molecule has 0 radical (unpaired) electrons. The Balaban J connectivity index is 1.75. The first-order chi connectivity index (χ1) is 14.3. The highest BCUT2D eigenvalue weighted by Gasteiger charge is 2.19. The largest absolute Gasteiger partial charge is 0.238 e.